The number of halogens is 1. The van der Waals surface area contributed by atoms with Crippen LogP contribution in [0.25, 0.3) is 0 Å². The molecule has 0 aromatic carbocycles. The maximum atomic E-state index is 5.90. The third-order valence-corrected chi connectivity index (χ3v) is 2.37. The molecule has 1 aromatic rings. The molecular weight excluding hydrogens is 210 g/mol. The van der Waals surface area contributed by atoms with Gasteiger partial charge in [0.05, 0.1) is 0 Å². The number of rotatable bonds is 5. The molecule has 1 aromatic heterocycles. The molecule has 1 rings (SSSR count). The monoisotopic (exact) mass is 227 g/mol. The molecule has 4 heteroatoms. The van der Waals surface area contributed by atoms with Gasteiger partial charge in [-0.15, -0.1) is 0 Å². The summed E-state index contributed by atoms with van der Waals surface area (Å²) in [6.45, 7) is 6.33. The lowest BCUT2D eigenvalue weighted by atomic mass is 10.2. The zero-order chi connectivity index (χ0) is 11.3. The van der Waals surface area contributed by atoms with Gasteiger partial charge in [-0.2, -0.15) is 0 Å². The Morgan fingerprint density at radius 3 is 2.73 bits per heavy atom. The number of anilines is 1. The molecule has 0 aliphatic rings. The van der Waals surface area contributed by atoms with Gasteiger partial charge in [-0.05, 0) is 13.3 Å². The Morgan fingerprint density at radius 2 is 2.13 bits per heavy atom. The van der Waals surface area contributed by atoms with E-state index in [0.717, 1.165) is 30.9 Å². The summed E-state index contributed by atoms with van der Waals surface area (Å²) in [5.41, 5.74) is 0. The number of aryl methyl sites for hydroxylation is 1. The highest BCUT2D eigenvalue weighted by molar-refractivity contribution is 6.29. The van der Waals surface area contributed by atoms with Crippen molar-refractivity contribution in [3.8, 4) is 0 Å². The van der Waals surface area contributed by atoms with E-state index in [0.29, 0.717) is 11.2 Å². The average Bonchev–Trinajstić information content (AvgIpc) is 2.17. The molecule has 0 radical (unpaired) electrons. The zero-order valence-electron chi connectivity index (χ0n) is 9.55. The van der Waals surface area contributed by atoms with Crippen LogP contribution in [0.3, 0.4) is 0 Å². The molecule has 1 N–H and O–H groups in total. The van der Waals surface area contributed by atoms with E-state index in [9.17, 15) is 0 Å². The highest BCUT2D eigenvalue weighted by Crippen LogP contribution is 2.13. The first-order valence-corrected chi connectivity index (χ1v) is 5.83. The van der Waals surface area contributed by atoms with Crippen LogP contribution in [0.5, 0.6) is 0 Å². The van der Waals surface area contributed by atoms with Crippen LogP contribution in [0, 0.1) is 0 Å². The molecule has 0 bridgehead atoms. The van der Waals surface area contributed by atoms with E-state index < -0.39 is 0 Å². The summed E-state index contributed by atoms with van der Waals surface area (Å²) in [7, 11) is 0. The van der Waals surface area contributed by atoms with E-state index >= 15 is 0 Å². The van der Waals surface area contributed by atoms with Gasteiger partial charge in [0, 0.05) is 18.5 Å². The maximum absolute atomic E-state index is 5.90. The molecule has 0 saturated carbocycles. The van der Waals surface area contributed by atoms with Crippen LogP contribution < -0.4 is 5.32 Å². The lowest BCUT2D eigenvalue weighted by Crippen LogP contribution is -2.16. The Kier molecular flexibility index (Phi) is 4.82. The van der Waals surface area contributed by atoms with Gasteiger partial charge in [0.1, 0.15) is 16.8 Å². The van der Waals surface area contributed by atoms with Gasteiger partial charge in [-0.1, -0.05) is 31.9 Å². The number of nitrogens with zero attached hydrogens (tertiary/aromatic N) is 2. The molecule has 0 aliphatic carbocycles. The summed E-state index contributed by atoms with van der Waals surface area (Å²) < 4.78 is 0. The smallest absolute Gasteiger partial charge is 0.134 e. The van der Waals surface area contributed by atoms with Crippen molar-refractivity contribution in [2.45, 2.75) is 46.1 Å². The summed E-state index contributed by atoms with van der Waals surface area (Å²) in [6.07, 6.45) is 3.09. The van der Waals surface area contributed by atoms with Crippen molar-refractivity contribution in [2.75, 3.05) is 5.32 Å². The van der Waals surface area contributed by atoms with Gasteiger partial charge in [0.15, 0.2) is 0 Å². The normalized spacial score (nSPS) is 12.5. The standard InChI is InChI=1S/C11H18ClN3/c1-4-6-8(3)13-11-7-9(12)14-10(5-2)15-11/h7-8H,4-6H2,1-3H3,(H,13,14,15). The first-order valence-electron chi connectivity index (χ1n) is 5.45. The molecule has 84 valence electrons. The topological polar surface area (TPSA) is 37.8 Å². The molecule has 0 amide bonds. The van der Waals surface area contributed by atoms with Crippen LogP contribution in [0.1, 0.15) is 39.4 Å². The Balaban J connectivity index is 2.71. The SMILES string of the molecule is CCCC(C)Nc1cc(Cl)nc(CC)n1. The highest BCUT2D eigenvalue weighted by atomic mass is 35.5. The van der Waals surface area contributed by atoms with E-state index in [1.54, 1.807) is 6.07 Å². The number of hydrogen-bond donors (Lipinski definition) is 1. The largest absolute Gasteiger partial charge is 0.367 e. The summed E-state index contributed by atoms with van der Waals surface area (Å²) in [4.78, 5) is 8.49. The minimum atomic E-state index is 0.422. The second-order valence-corrected chi connectivity index (χ2v) is 4.07. The predicted octanol–water partition coefficient (Wildman–Crippen LogP) is 3.29. The summed E-state index contributed by atoms with van der Waals surface area (Å²) >= 11 is 5.90. The second-order valence-electron chi connectivity index (χ2n) is 3.68. The van der Waals surface area contributed by atoms with Gasteiger partial charge in [0.2, 0.25) is 0 Å². The molecule has 0 saturated heterocycles. The van der Waals surface area contributed by atoms with Crippen molar-refractivity contribution < 1.29 is 0 Å². The predicted molar refractivity (Wildman–Crippen MR) is 64.4 cm³/mol. The Hall–Kier alpha value is -0.830. The third-order valence-electron chi connectivity index (χ3n) is 2.17. The molecule has 0 fully saturated rings. The summed E-state index contributed by atoms with van der Waals surface area (Å²) in [5, 5.41) is 3.83. The van der Waals surface area contributed by atoms with E-state index in [2.05, 4.69) is 29.1 Å². The van der Waals surface area contributed by atoms with E-state index in [-0.39, 0.29) is 0 Å². The minimum absolute atomic E-state index is 0.422. The van der Waals surface area contributed by atoms with E-state index in [1.165, 1.54) is 0 Å². The van der Waals surface area contributed by atoms with Crippen molar-refractivity contribution in [3.63, 3.8) is 0 Å². The van der Waals surface area contributed by atoms with Gasteiger partial charge in [0.25, 0.3) is 0 Å². The van der Waals surface area contributed by atoms with E-state index in [4.69, 9.17) is 11.6 Å². The fourth-order valence-electron chi connectivity index (χ4n) is 1.45. The number of aromatic nitrogens is 2. The summed E-state index contributed by atoms with van der Waals surface area (Å²) in [6, 6.07) is 2.19. The van der Waals surface area contributed by atoms with E-state index in [1.807, 2.05) is 6.92 Å². The molecule has 15 heavy (non-hydrogen) atoms. The Labute approximate surface area is 96.3 Å². The van der Waals surface area contributed by atoms with Crippen LogP contribution in [0.15, 0.2) is 6.07 Å². The van der Waals surface area contributed by atoms with Crippen molar-refractivity contribution in [3.05, 3.63) is 17.0 Å². The third kappa shape index (κ3) is 4.04. The molecule has 0 spiro atoms. The molecule has 1 heterocycles. The molecule has 0 aliphatic heterocycles. The Bertz CT molecular complexity index is 315. The van der Waals surface area contributed by atoms with Gasteiger partial charge >= 0.3 is 0 Å². The quantitative estimate of drug-likeness (QED) is 0.785. The summed E-state index contributed by atoms with van der Waals surface area (Å²) in [5.74, 6) is 1.61. The van der Waals surface area contributed by atoms with Gasteiger partial charge < -0.3 is 5.32 Å². The molecule has 3 nitrogen and oxygen atoms in total. The zero-order valence-corrected chi connectivity index (χ0v) is 10.3. The van der Waals surface area contributed by atoms with Crippen LogP contribution in [0.4, 0.5) is 5.82 Å². The fraction of sp³-hybridized carbons (Fsp3) is 0.636. The van der Waals surface area contributed by atoms with Crippen molar-refractivity contribution in [2.24, 2.45) is 0 Å². The van der Waals surface area contributed by atoms with Gasteiger partial charge in [-0.3, -0.25) is 0 Å². The van der Waals surface area contributed by atoms with Crippen LogP contribution >= 0.6 is 11.6 Å². The van der Waals surface area contributed by atoms with Crippen LogP contribution in [-0.4, -0.2) is 16.0 Å². The van der Waals surface area contributed by atoms with Crippen LogP contribution in [0.2, 0.25) is 5.15 Å². The lowest BCUT2D eigenvalue weighted by Gasteiger charge is -2.13. The highest BCUT2D eigenvalue weighted by Gasteiger charge is 2.04. The first-order chi connectivity index (χ1) is 7.15. The minimum Gasteiger partial charge on any atom is -0.367 e. The number of hydrogen-bond acceptors (Lipinski definition) is 3. The Morgan fingerprint density at radius 1 is 1.40 bits per heavy atom. The fourth-order valence-corrected chi connectivity index (χ4v) is 1.66. The molecule has 1 unspecified atom stereocenters. The number of nitrogens with one attached hydrogen (secondary N) is 1. The first kappa shape index (κ1) is 12.2. The van der Waals surface area contributed by atoms with Crippen molar-refractivity contribution >= 4 is 17.4 Å². The lowest BCUT2D eigenvalue weighted by molar-refractivity contribution is 0.686. The van der Waals surface area contributed by atoms with Crippen molar-refractivity contribution in [1.29, 1.82) is 0 Å². The molecule has 1 atom stereocenters. The average molecular weight is 228 g/mol. The molecular formula is C11H18ClN3. The van der Waals surface area contributed by atoms with Crippen molar-refractivity contribution in [1.82, 2.24) is 9.97 Å². The van der Waals surface area contributed by atoms with Gasteiger partial charge in [-0.25, -0.2) is 9.97 Å². The second kappa shape index (κ2) is 5.91. The van der Waals surface area contributed by atoms with Crippen LogP contribution in [-0.2, 0) is 6.42 Å². The maximum Gasteiger partial charge on any atom is 0.134 e.